The van der Waals surface area contributed by atoms with Gasteiger partial charge < -0.3 is 4.57 Å². The average molecular weight is 637 g/mol. The van der Waals surface area contributed by atoms with E-state index in [9.17, 15) is 36.0 Å². The Labute approximate surface area is 256 Å². The number of halogens is 3. The Kier molecular flexibility index (Phi) is 6.94. The molecule has 2 amide bonds. The van der Waals surface area contributed by atoms with Crippen LogP contribution in [0.3, 0.4) is 0 Å². The van der Waals surface area contributed by atoms with Gasteiger partial charge in [-0.2, -0.15) is 21.6 Å². The second-order valence-electron chi connectivity index (χ2n) is 12.2. The minimum Gasteiger partial charge on any atom is -0.315 e. The van der Waals surface area contributed by atoms with Gasteiger partial charge in [-0.1, -0.05) is 75.8 Å². The minimum absolute atomic E-state index is 0.0114. The fourth-order valence-electron chi connectivity index (χ4n) is 5.91. The van der Waals surface area contributed by atoms with E-state index in [1.165, 1.54) is 29.8 Å². The molecule has 8 nitrogen and oxygen atoms in total. The molecule has 0 saturated heterocycles. The Balaban J connectivity index is 1.48. The van der Waals surface area contributed by atoms with Gasteiger partial charge in [0.2, 0.25) is 0 Å². The number of aromatic nitrogens is 1. The molecule has 0 saturated carbocycles. The van der Waals surface area contributed by atoms with E-state index < -0.39 is 27.4 Å². The van der Waals surface area contributed by atoms with Crippen LogP contribution in [0, 0.1) is 11.3 Å². The maximum atomic E-state index is 14.0. The lowest BCUT2D eigenvalue weighted by Gasteiger charge is -2.29. The first-order chi connectivity index (χ1) is 21.0. The summed E-state index contributed by atoms with van der Waals surface area (Å²) >= 11 is 0. The number of fused-ring (bicyclic) bond motifs is 1. The Morgan fingerprint density at radius 1 is 0.889 bits per heavy atom. The molecule has 3 aromatic carbocycles. The minimum atomic E-state index is -6.30. The van der Waals surface area contributed by atoms with Crippen LogP contribution in [0.5, 0.6) is 0 Å². The summed E-state index contributed by atoms with van der Waals surface area (Å²) in [6.45, 7) is 8.43. The van der Waals surface area contributed by atoms with Gasteiger partial charge in [-0.05, 0) is 42.0 Å². The summed E-state index contributed by atoms with van der Waals surface area (Å²) in [7, 11) is -6.30. The van der Waals surface area contributed by atoms with E-state index in [0.29, 0.717) is 33.1 Å². The number of amides is 2. The number of carbonyl (C=O) groups is 3. The number of imide groups is 1. The normalized spacial score (nSPS) is 17.6. The van der Waals surface area contributed by atoms with E-state index in [2.05, 4.69) is 25.1 Å². The summed E-state index contributed by atoms with van der Waals surface area (Å²) < 4.78 is 68.1. The van der Waals surface area contributed by atoms with Crippen LogP contribution in [0.1, 0.15) is 65.2 Å². The quantitative estimate of drug-likeness (QED) is 0.130. The molecule has 1 atom stereocenters. The summed E-state index contributed by atoms with van der Waals surface area (Å²) in [5.74, 6) is -2.87. The van der Waals surface area contributed by atoms with Gasteiger partial charge in [0.15, 0.2) is 5.78 Å². The third-order valence-corrected chi connectivity index (χ3v) is 9.18. The Morgan fingerprint density at radius 2 is 1.53 bits per heavy atom. The van der Waals surface area contributed by atoms with E-state index in [1.807, 2.05) is 43.3 Å². The lowest BCUT2D eigenvalue weighted by atomic mass is 9.75. The predicted octanol–water partition coefficient (Wildman–Crippen LogP) is 7.28. The lowest BCUT2D eigenvalue weighted by molar-refractivity contribution is -0.0761. The molecule has 0 bridgehead atoms. The first-order valence-electron chi connectivity index (χ1n) is 14.0. The second kappa shape index (κ2) is 10.2. The van der Waals surface area contributed by atoms with Crippen molar-refractivity contribution in [3.63, 3.8) is 0 Å². The first kappa shape index (κ1) is 30.5. The monoisotopic (exact) mass is 636 g/mol. The fraction of sp³-hybridized carbons (Fsp3) is 0.242. The zero-order valence-electron chi connectivity index (χ0n) is 24.6. The molecule has 2 aliphatic rings. The number of hydrogen-bond acceptors (Lipinski definition) is 6. The molecule has 232 valence electrons. The van der Waals surface area contributed by atoms with Crippen LogP contribution < -0.4 is 0 Å². The number of hydroxylamine groups is 2. The number of ketones is 1. The largest absolute Gasteiger partial charge is 0.525 e. The van der Waals surface area contributed by atoms with E-state index in [4.69, 9.17) is 0 Å². The molecule has 0 fully saturated rings. The van der Waals surface area contributed by atoms with E-state index in [1.54, 1.807) is 16.8 Å². The van der Waals surface area contributed by atoms with Gasteiger partial charge in [-0.15, -0.1) is 9.35 Å². The molecular weight excluding hydrogens is 609 g/mol. The molecule has 1 aliphatic carbocycles. The number of benzene rings is 3. The number of alkyl halides is 3. The molecule has 45 heavy (non-hydrogen) atoms. The van der Waals surface area contributed by atoms with Crippen LogP contribution >= 0.6 is 0 Å². The number of allylic oxidation sites excluding steroid dienone is 4. The van der Waals surface area contributed by atoms with Gasteiger partial charge >= 0.3 is 15.6 Å². The molecule has 0 radical (unpaired) electrons. The van der Waals surface area contributed by atoms with Crippen LogP contribution in [-0.2, 0) is 14.4 Å². The Bertz CT molecular complexity index is 2110. The molecular formula is C33H27F3N2O6S. The molecule has 0 spiro atoms. The molecule has 1 aromatic heterocycles. The lowest BCUT2D eigenvalue weighted by Crippen LogP contribution is -2.44. The van der Waals surface area contributed by atoms with Crippen molar-refractivity contribution in [2.45, 2.75) is 39.6 Å². The zero-order chi connectivity index (χ0) is 32.6. The molecule has 1 aliphatic heterocycles. The predicted molar refractivity (Wildman–Crippen MR) is 161 cm³/mol. The number of nitrogens with zero attached hydrogens (tertiary/aromatic N) is 2. The second-order valence-corrected chi connectivity index (χ2v) is 13.7. The van der Waals surface area contributed by atoms with Crippen molar-refractivity contribution in [2.24, 2.45) is 11.3 Å². The molecule has 4 aromatic rings. The zero-order valence-corrected chi connectivity index (χ0v) is 25.4. The molecule has 12 heteroatoms. The maximum Gasteiger partial charge on any atom is 0.525 e. The highest BCUT2D eigenvalue weighted by Gasteiger charge is 2.51. The van der Waals surface area contributed by atoms with Crippen molar-refractivity contribution in [2.75, 3.05) is 0 Å². The summed E-state index contributed by atoms with van der Waals surface area (Å²) in [6.07, 6.45) is 6.35. The number of para-hydroxylation sites is 1. The summed E-state index contributed by atoms with van der Waals surface area (Å²) in [4.78, 5) is 40.3. The van der Waals surface area contributed by atoms with E-state index >= 15 is 0 Å². The van der Waals surface area contributed by atoms with Crippen molar-refractivity contribution in [3.05, 3.63) is 101 Å². The highest BCUT2D eigenvalue weighted by atomic mass is 32.2. The van der Waals surface area contributed by atoms with Crippen molar-refractivity contribution in [3.8, 4) is 5.69 Å². The van der Waals surface area contributed by atoms with Gasteiger partial charge in [-0.25, -0.2) is 0 Å². The number of Topliss-reactive ketones (excluding diaryl/α,β-unsaturated/α-hetero) is 1. The van der Waals surface area contributed by atoms with Crippen molar-refractivity contribution in [1.29, 1.82) is 0 Å². The third kappa shape index (κ3) is 4.88. The van der Waals surface area contributed by atoms with Crippen molar-refractivity contribution in [1.82, 2.24) is 9.63 Å². The van der Waals surface area contributed by atoms with Gasteiger partial charge in [0, 0.05) is 33.5 Å². The van der Waals surface area contributed by atoms with Crippen LogP contribution in [0.2, 0.25) is 0 Å². The van der Waals surface area contributed by atoms with Gasteiger partial charge in [0.25, 0.3) is 11.8 Å². The standard InChI is InChI=1S/C33H27F3N2O6S/c1-18-16-19(32(2,3)4)12-13-20(18)29(39)25-17-37(26-11-6-5-8-21(25)26)27-15-14-24-28-22(27)9-7-10-23(28)30(40)38(31(24)41)44-45(42,43)33(34,35)36/h5-15,17-18H,16H2,1-4H3. The van der Waals surface area contributed by atoms with Crippen molar-refractivity contribution < 1.29 is 40.3 Å². The van der Waals surface area contributed by atoms with Gasteiger partial charge in [0.05, 0.1) is 22.3 Å². The number of carbonyl (C=O) groups excluding carboxylic acids is 3. The third-order valence-electron chi connectivity index (χ3n) is 8.27. The van der Waals surface area contributed by atoms with Gasteiger partial charge in [0.1, 0.15) is 0 Å². The number of rotatable bonds is 5. The van der Waals surface area contributed by atoms with Crippen LogP contribution in [0.4, 0.5) is 13.2 Å². The SMILES string of the molecule is CC1CC(C(C)(C)C)=CC=C1C(=O)c1cn(-c2ccc3c4c(cccc24)C(=O)N(OS(=O)(=O)C(F)(F)F)C3=O)c2ccccc12. The van der Waals surface area contributed by atoms with Crippen molar-refractivity contribution >= 4 is 49.4 Å². The maximum absolute atomic E-state index is 14.0. The Morgan fingerprint density at radius 3 is 2.18 bits per heavy atom. The van der Waals surface area contributed by atoms with Crippen LogP contribution in [-0.4, -0.2) is 41.2 Å². The van der Waals surface area contributed by atoms with Gasteiger partial charge in [-0.3, -0.25) is 14.4 Å². The van der Waals surface area contributed by atoms with E-state index in [0.717, 1.165) is 6.42 Å². The summed E-state index contributed by atoms with van der Waals surface area (Å²) in [6, 6.07) is 14.4. The summed E-state index contributed by atoms with van der Waals surface area (Å²) in [5.41, 5.74) is -2.78. The molecule has 0 N–H and O–H groups in total. The molecule has 2 heterocycles. The summed E-state index contributed by atoms with van der Waals surface area (Å²) in [5, 5.41) is 0.793. The van der Waals surface area contributed by atoms with E-state index in [-0.39, 0.29) is 38.7 Å². The Hall–Kier alpha value is -4.55. The molecule has 6 rings (SSSR count). The fourth-order valence-corrected chi connectivity index (χ4v) is 6.33. The topological polar surface area (TPSA) is 103 Å². The van der Waals surface area contributed by atoms with Crippen LogP contribution in [0.25, 0.3) is 27.4 Å². The average Bonchev–Trinajstić information content (AvgIpc) is 3.36. The first-order valence-corrected chi connectivity index (χ1v) is 15.4. The highest BCUT2D eigenvalue weighted by molar-refractivity contribution is 7.87. The molecule has 1 unspecified atom stereocenters. The van der Waals surface area contributed by atoms with Crippen LogP contribution in [0.15, 0.2) is 84.1 Å². The smallest absolute Gasteiger partial charge is 0.315 e. The number of hydrogen-bond donors (Lipinski definition) is 0. The highest BCUT2D eigenvalue weighted by Crippen LogP contribution is 2.40.